The molecule has 1 atom stereocenters. The zero-order chi connectivity index (χ0) is 17.7. The summed E-state index contributed by atoms with van der Waals surface area (Å²) in [4.78, 5) is 37.1. The second-order valence-electron chi connectivity index (χ2n) is 5.77. The van der Waals surface area contributed by atoms with Gasteiger partial charge in [-0.3, -0.25) is 4.79 Å². The van der Waals surface area contributed by atoms with Gasteiger partial charge in [-0.2, -0.15) is 0 Å². The van der Waals surface area contributed by atoms with Gasteiger partial charge in [0.25, 0.3) is 0 Å². The molecule has 130 valence electrons. The van der Waals surface area contributed by atoms with Gasteiger partial charge in [0.1, 0.15) is 0 Å². The monoisotopic (exact) mass is 334 g/mol. The van der Waals surface area contributed by atoms with E-state index >= 15 is 0 Å². The third-order valence-corrected chi connectivity index (χ3v) is 4.13. The average Bonchev–Trinajstić information content (AvgIpc) is 2.61. The van der Waals surface area contributed by atoms with E-state index < -0.39 is 12.1 Å². The number of aryl methyl sites for hydroxylation is 1. The van der Waals surface area contributed by atoms with Crippen LogP contribution in [0.1, 0.15) is 28.8 Å². The molecule has 2 amide bonds. The minimum Gasteiger partial charge on any atom is -0.465 e. The number of hydrogen-bond donors (Lipinski definition) is 1. The summed E-state index contributed by atoms with van der Waals surface area (Å²) in [5.41, 5.74) is 1.84. The Morgan fingerprint density at radius 1 is 1.21 bits per heavy atom. The van der Waals surface area contributed by atoms with Gasteiger partial charge in [-0.25, -0.2) is 9.59 Å². The van der Waals surface area contributed by atoms with E-state index in [0.29, 0.717) is 24.3 Å². The Balaban J connectivity index is 2.04. The number of esters is 1. The zero-order valence-corrected chi connectivity index (χ0v) is 14.1. The van der Waals surface area contributed by atoms with Gasteiger partial charge < -0.3 is 19.7 Å². The number of ether oxygens (including phenoxy) is 2. The van der Waals surface area contributed by atoms with E-state index in [2.05, 4.69) is 10.1 Å². The average molecular weight is 334 g/mol. The lowest BCUT2D eigenvalue weighted by Gasteiger charge is -2.31. The molecule has 0 saturated carbocycles. The first-order chi connectivity index (χ1) is 11.5. The van der Waals surface area contributed by atoms with Gasteiger partial charge in [0.15, 0.2) is 0 Å². The molecule has 0 spiro atoms. The number of methoxy groups -OCH3 is 2. The second-order valence-corrected chi connectivity index (χ2v) is 5.77. The van der Waals surface area contributed by atoms with E-state index in [-0.39, 0.29) is 11.8 Å². The maximum absolute atomic E-state index is 12.5. The maximum atomic E-state index is 12.5. The van der Waals surface area contributed by atoms with E-state index in [9.17, 15) is 14.4 Å². The molecule has 2 rings (SSSR count). The van der Waals surface area contributed by atoms with Crippen LogP contribution in [-0.4, -0.2) is 50.2 Å². The molecule has 1 aromatic carbocycles. The molecule has 1 saturated heterocycles. The fraction of sp³-hybridized carbons (Fsp3) is 0.471. The van der Waals surface area contributed by atoms with Crippen LogP contribution in [0, 0.1) is 12.8 Å². The summed E-state index contributed by atoms with van der Waals surface area (Å²) in [6.07, 6.45) is 1.07. The topological polar surface area (TPSA) is 84.9 Å². The molecule has 1 aromatic rings. The maximum Gasteiger partial charge on any atom is 0.409 e. The number of piperidine rings is 1. The van der Waals surface area contributed by atoms with Crippen LogP contribution >= 0.6 is 0 Å². The molecule has 1 fully saturated rings. The highest BCUT2D eigenvalue weighted by atomic mass is 16.5. The molecule has 0 aromatic heterocycles. The van der Waals surface area contributed by atoms with E-state index in [0.717, 1.165) is 18.4 Å². The van der Waals surface area contributed by atoms with Gasteiger partial charge in [-0.15, -0.1) is 0 Å². The molecule has 1 aliphatic heterocycles. The van der Waals surface area contributed by atoms with E-state index in [1.807, 2.05) is 6.92 Å². The van der Waals surface area contributed by atoms with Gasteiger partial charge in [0.2, 0.25) is 5.91 Å². The van der Waals surface area contributed by atoms with Gasteiger partial charge in [0, 0.05) is 18.8 Å². The predicted octanol–water partition coefficient (Wildman–Crippen LogP) is 2.20. The summed E-state index contributed by atoms with van der Waals surface area (Å²) < 4.78 is 9.39. The number of carbonyl (C=O) groups excluding carboxylic acids is 3. The third-order valence-electron chi connectivity index (χ3n) is 4.13. The standard InChI is InChI=1S/C17H22N2O5/c1-11-9-12(16(21)23-2)6-7-14(11)18-15(20)13-5-4-8-19(10-13)17(22)24-3/h6-7,9,13H,4-5,8,10H2,1-3H3,(H,18,20)/t13-/m1/s1. The van der Waals surface area contributed by atoms with Gasteiger partial charge >= 0.3 is 12.1 Å². The SMILES string of the molecule is COC(=O)c1ccc(NC(=O)[C@@H]2CCCN(C(=O)OC)C2)c(C)c1. The minimum atomic E-state index is -0.419. The Morgan fingerprint density at radius 3 is 2.58 bits per heavy atom. The highest BCUT2D eigenvalue weighted by Crippen LogP contribution is 2.22. The molecule has 24 heavy (non-hydrogen) atoms. The predicted molar refractivity (Wildman–Crippen MR) is 87.9 cm³/mol. The number of benzene rings is 1. The number of likely N-dealkylation sites (tertiary alicyclic amines) is 1. The summed E-state index contributed by atoms with van der Waals surface area (Å²) in [6.45, 7) is 2.75. The first kappa shape index (κ1) is 17.8. The lowest BCUT2D eigenvalue weighted by molar-refractivity contribution is -0.121. The molecular formula is C17H22N2O5. The first-order valence-electron chi connectivity index (χ1n) is 7.79. The lowest BCUT2D eigenvalue weighted by atomic mass is 9.97. The smallest absolute Gasteiger partial charge is 0.409 e. The number of nitrogens with one attached hydrogen (secondary N) is 1. The Morgan fingerprint density at radius 2 is 1.96 bits per heavy atom. The molecule has 7 nitrogen and oxygen atoms in total. The van der Waals surface area contributed by atoms with Crippen LogP contribution in [0.5, 0.6) is 0 Å². The number of amides is 2. The first-order valence-corrected chi connectivity index (χ1v) is 7.79. The Kier molecular flexibility index (Phi) is 5.78. The van der Waals surface area contributed by atoms with Crippen molar-refractivity contribution in [3.8, 4) is 0 Å². The lowest BCUT2D eigenvalue weighted by Crippen LogP contribution is -2.43. The van der Waals surface area contributed by atoms with Crippen LogP contribution in [0.2, 0.25) is 0 Å². The van der Waals surface area contributed by atoms with Gasteiger partial charge in [-0.05, 0) is 43.5 Å². The molecule has 0 aliphatic carbocycles. The van der Waals surface area contributed by atoms with Crippen LogP contribution in [-0.2, 0) is 14.3 Å². The van der Waals surface area contributed by atoms with E-state index in [1.54, 1.807) is 23.1 Å². The zero-order valence-electron chi connectivity index (χ0n) is 14.1. The van der Waals surface area contributed by atoms with Crippen molar-refractivity contribution in [2.24, 2.45) is 5.92 Å². The fourth-order valence-electron chi connectivity index (χ4n) is 2.77. The highest BCUT2D eigenvalue weighted by Gasteiger charge is 2.29. The number of rotatable bonds is 3. The summed E-state index contributed by atoms with van der Waals surface area (Å²) in [6, 6.07) is 4.96. The molecule has 0 bridgehead atoms. The third kappa shape index (κ3) is 4.04. The van der Waals surface area contributed by atoms with Crippen LogP contribution in [0.15, 0.2) is 18.2 Å². The normalized spacial score (nSPS) is 17.1. The summed E-state index contributed by atoms with van der Waals surface area (Å²) in [5.74, 6) is -0.841. The molecule has 1 heterocycles. The van der Waals surface area contributed by atoms with Crippen molar-refractivity contribution in [2.75, 3.05) is 32.6 Å². The van der Waals surface area contributed by atoms with Crippen molar-refractivity contribution in [3.05, 3.63) is 29.3 Å². The Labute approximate surface area is 140 Å². The van der Waals surface area contributed by atoms with Crippen molar-refractivity contribution >= 4 is 23.7 Å². The molecule has 0 radical (unpaired) electrons. The van der Waals surface area contributed by atoms with Crippen molar-refractivity contribution in [2.45, 2.75) is 19.8 Å². The quantitative estimate of drug-likeness (QED) is 0.857. The summed E-state index contributed by atoms with van der Waals surface area (Å²) in [5, 5.41) is 2.87. The molecule has 1 N–H and O–H groups in total. The number of anilines is 1. The summed E-state index contributed by atoms with van der Waals surface area (Å²) >= 11 is 0. The van der Waals surface area contributed by atoms with Crippen molar-refractivity contribution in [1.82, 2.24) is 4.90 Å². The Bertz CT molecular complexity index is 644. The Hall–Kier alpha value is -2.57. The van der Waals surface area contributed by atoms with Gasteiger partial charge in [0.05, 0.1) is 25.7 Å². The van der Waals surface area contributed by atoms with Crippen molar-refractivity contribution in [1.29, 1.82) is 0 Å². The van der Waals surface area contributed by atoms with Crippen LogP contribution in [0.25, 0.3) is 0 Å². The molecular weight excluding hydrogens is 312 g/mol. The van der Waals surface area contributed by atoms with Gasteiger partial charge in [-0.1, -0.05) is 0 Å². The number of carbonyl (C=O) groups is 3. The molecule has 0 unspecified atom stereocenters. The minimum absolute atomic E-state index is 0.141. The van der Waals surface area contributed by atoms with Crippen LogP contribution < -0.4 is 5.32 Å². The molecule has 1 aliphatic rings. The highest BCUT2D eigenvalue weighted by molar-refractivity contribution is 5.95. The summed E-state index contributed by atoms with van der Waals surface area (Å²) in [7, 11) is 2.65. The largest absolute Gasteiger partial charge is 0.465 e. The second kappa shape index (κ2) is 7.81. The van der Waals surface area contributed by atoms with Crippen LogP contribution in [0.3, 0.4) is 0 Å². The molecule has 7 heteroatoms. The number of nitrogens with zero attached hydrogens (tertiary/aromatic N) is 1. The van der Waals surface area contributed by atoms with Crippen LogP contribution in [0.4, 0.5) is 10.5 Å². The van der Waals surface area contributed by atoms with E-state index in [4.69, 9.17) is 4.74 Å². The van der Waals surface area contributed by atoms with Crippen molar-refractivity contribution in [3.63, 3.8) is 0 Å². The van der Waals surface area contributed by atoms with E-state index in [1.165, 1.54) is 14.2 Å². The number of hydrogen-bond acceptors (Lipinski definition) is 5. The fourth-order valence-corrected chi connectivity index (χ4v) is 2.77. The van der Waals surface area contributed by atoms with Crippen molar-refractivity contribution < 1.29 is 23.9 Å².